The van der Waals surface area contributed by atoms with Gasteiger partial charge in [0.15, 0.2) is 22.0 Å². The maximum atomic E-state index is 11.8. The Kier molecular flexibility index (Phi) is 15.4. The Bertz CT molecular complexity index is 2320. The number of aromatic nitrogens is 8. The number of para-hydroxylation sites is 1. The molecule has 0 aliphatic rings. The molecular formula is C37H43Cl3N8O4S. The smallest absolute Gasteiger partial charge is 0.261 e. The number of benzene rings is 2. The number of hydrogen-bond acceptors (Lipinski definition) is 10. The Balaban J connectivity index is 0.000000271. The van der Waals surface area contributed by atoms with Gasteiger partial charge >= 0.3 is 0 Å². The van der Waals surface area contributed by atoms with E-state index in [0.29, 0.717) is 41.0 Å². The van der Waals surface area contributed by atoms with Crippen LogP contribution in [0.1, 0.15) is 71.0 Å². The molecule has 0 aliphatic carbocycles. The van der Waals surface area contributed by atoms with Crippen molar-refractivity contribution in [1.82, 2.24) is 39.2 Å². The minimum absolute atomic E-state index is 0. The van der Waals surface area contributed by atoms with Gasteiger partial charge in [-0.25, -0.2) is 37.4 Å². The molecule has 282 valence electrons. The van der Waals surface area contributed by atoms with E-state index in [4.69, 9.17) is 43.4 Å². The van der Waals surface area contributed by atoms with Crippen molar-refractivity contribution < 1.29 is 17.9 Å². The summed E-state index contributed by atoms with van der Waals surface area (Å²) in [6.07, 6.45) is 11.4. The van der Waals surface area contributed by atoms with Crippen molar-refractivity contribution in [1.29, 1.82) is 0 Å². The summed E-state index contributed by atoms with van der Waals surface area (Å²) < 4.78 is 38.3. The third kappa shape index (κ3) is 9.55. The van der Waals surface area contributed by atoms with E-state index < -0.39 is 9.05 Å². The van der Waals surface area contributed by atoms with Crippen LogP contribution in [0.25, 0.3) is 33.8 Å². The highest BCUT2D eigenvalue weighted by Crippen LogP contribution is 2.34. The molecule has 4 aromatic heterocycles. The summed E-state index contributed by atoms with van der Waals surface area (Å²) in [7, 11) is 1.57. The SMILES string of the molecule is C.C#C.CCCc1nc(C)c2c(Cl)nc(-c3cc(S(=O)(=O)Cl)ccc3OCC)nn12.CCCc1nc(C)c2c(Cl)nc(-c3ccccc3OCC)nn12. The zero-order valence-corrected chi connectivity index (χ0v) is 32.8. The molecule has 0 radical (unpaired) electrons. The number of fused-ring (bicyclic) bond motifs is 2. The number of aryl methyl sites for hydroxylation is 4. The molecule has 4 heterocycles. The summed E-state index contributed by atoms with van der Waals surface area (Å²) in [6.45, 7) is 12.7. The van der Waals surface area contributed by atoms with Crippen LogP contribution < -0.4 is 9.47 Å². The first kappa shape index (κ1) is 42.9. The number of hydrogen-bond donors (Lipinski definition) is 0. The fourth-order valence-corrected chi connectivity index (χ4v) is 6.79. The number of nitrogens with zero attached hydrogens (tertiary/aromatic N) is 8. The topological polar surface area (TPSA) is 139 Å². The van der Waals surface area contributed by atoms with Crippen LogP contribution in [0.4, 0.5) is 0 Å². The van der Waals surface area contributed by atoms with E-state index in [9.17, 15) is 8.42 Å². The van der Waals surface area contributed by atoms with E-state index in [1.807, 2.05) is 63.4 Å². The van der Waals surface area contributed by atoms with Crippen LogP contribution in [0.5, 0.6) is 11.5 Å². The molecule has 0 saturated carbocycles. The van der Waals surface area contributed by atoms with Gasteiger partial charge in [0.05, 0.1) is 40.6 Å². The van der Waals surface area contributed by atoms with Crippen molar-refractivity contribution in [3.63, 3.8) is 0 Å². The molecule has 0 saturated heterocycles. The maximum absolute atomic E-state index is 11.8. The Labute approximate surface area is 325 Å². The average Bonchev–Trinajstić information content (AvgIpc) is 3.61. The number of terminal acetylenes is 1. The Morgan fingerprint density at radius 1 is 0.698 bits per heavy atom. The van der Waals surface area contributed by atoms with Gasteiger partial charge in [-0.2, -0.15) is 0 Å². The Morgan fingerprint density at radius 3 is 1.60 bits per heavy atom. The molecule has 0 spiro atoms. The molecule has 0 amide bonds. The van der Waals surface area contributed by atoms with E-state index in [1.54, 1.807) is 4.52 Å². The van der Waals surface area contributed by atoms with Gasteiger partial charge in [-0.3, -0.25) is 0 Å². The third-order valence-corrected chi connectivity index (χ3v) is 9.41. The molecule has 0 bridgehead atoms. The molecule has 0 aliphatic heterocycles. The van der Waals surface area contributed by atoms with E-state index in [0.717, 1.165) is 65.5 Å². The lowest BCUT2D eigenvalue weighted by Gasteiger charge is -2.11. The molecule has 6 rings (SSSR count). The number of halogens is 3. The third-order valence-electron chi connectivity index (χ3n) is 7.53. The molecule has 0 atom stereocenters. The predicted octanol–water partition coefficient (Wildman–Crippen LogP) is 9.02. The van der Waals surface area contributed by atoms with Crippen molar-refractivity contribution >= 4 is 54.0 Å². The van der Waals surface area contributed by atoms with Gasteiger partial charge in [0, 0.05) is 23.5 Å². The summed E-state index contributed by atoms with van der Waals surface area (Å²) >= 11 is 12.8. The summed E-state index contributed by atoms with van der Waals surface area (Å²) in [5.74, 6) is 3.62. The van der Waals surface area contributed by atoms with Crippen LogP contribution >= 0.6 is 33.9 Å². The predicted molar refractivity (Wildman–Crippen MR) is 212 cm³/mol. The van der Waals surface area contributed by atoms with Crippen molar-refractivity contribution in [3.05, 3.63) is 75.8 Å². The first-order valence-corrected chi connectivity index (χ1v) is 19.6. The molecule has 0 fully saturated rings. The standard InChI is InChI=1S/C17H18Cl2N4O3S.C17H19ClN4O.C2H2.CH4/c1-4-6-14-20-10(3)15-16(18)21-17(22-23(14)15)12-9-11(27(19,24)25)7-8-13(12)26-5-2;1-4-8-14-19-11(3)15-16(18)20-17(21-22(14)15)12-9-6-7-10-13(12)23-5-2;1-2;/h7-9H,4-6H2,1-3H3;6-7,9-10H,4-5,8H2,1-3H3;1-2H;1H4. The lowest BCUT2D eigenvalue weighted by Crippen LogP contribution is -2.05. The number of imidazole rings is 2. The fourth-order valence-electron chi connectivity index (χ4n) is 5.42. The van der Waals surface area contributed by atoms with E-state index in [-0.39, 0.29) is 23.3 Å². The average molecular weight is 802 g/mol. The molecular weight excluding hydrogens is 759 g/mol. The van der Waals surface area contributed by atoms with Crippen LogP contribution in [0.2, 0.25) is 10.3 Å². The van der Waals surface area contributed by atoms with Crippen molar-refractivity contribution in [3.8, 4) is 47.1 Å². The van der Waals surface area contributed by atoms with Crippen LogP contribution in [0, 0.1) is 26.7 Å². The highest BCUT2D eigenvalue weighted by molar-refractivity contribution is 8.13. The number of ether oxygens (including phenoxy) is 2. The Morgan fingerprint density at radius 2 is 1.15 bits per heavy atom. The van der Waals surface area contributed by atoms with Crippen LogP contribution in [-0.4, -0.2) is 60.8 Å². The Hall–Kier alpha value is -4.48. The maximum Gasteiger partial charge on any atom is 0.261 e. The molecule has 6 aromatic rings. The van der Waals surface area contributed by atoms with Gasteiger partial charge in [0.1, 0.15) is 34.2 Å². The van der Waals surface area contributed by atoms with E-state index in [1.165, 1.54) is 18.2 Å². The first-order chi connectivity index (χ1) is 24.9. The van der Waals surface area contributed by atoms with Crippen molar-refractivity contribution in [2.45, 2.75) is 79.5 Å². The zero-order chi connectivity index (χ0) is 38.2. The van der Waals surface area contributed by atoms with E-state index >= 15 is 0 Å². The van der Waals surface area contributed by atoms with Crippen LogP contribution in [-0.2, 0) is 21.9 Å². The molecule has 2 aromatic carbocycles. The zero-order valence-electron chi connectivity index (χ0n) is 29.7. The molecule has 0 unspecified atom stereocenters. The van der Waals surface area contributed by atoms with Gasteiger partial charge in [0.2, 0.25) is 0 Å². The van der Waals surface area contributed by atoms with Crippen molar-refractivity contribution in [2.24, 2.45) is 0 Å². The minimum Gasteiger partial charge on any atom is -0.493 e. The largest absolute Gasteiger partial charge is 0.493 e. The normalized spacial score (nSPS) is 10.9. The monoisotopic (exact) mass is 800 g/mol. The molecule has 53 heavy (non-hydrogen) atoms. The molecule has 16 heteroatoms. The molecule has 0 N–H and O–H groups in total. The quantitative estimate of drug-likeness (QED) is 0.0922. The summed E-state index contributed by atoms with van der Waals surface area (Å²) in [4.78, 5) is 17.8. The first-order valence-electron chi connectivity index (χ1n) is 16.5. The second kappa shape index (κ2) is 19.0. The van der Waals surface area contributed by atoms with E-state index in [2.05, 4.69) is 49.9 Å². The van der Waals surface area contributed by atoms with Gasteiger partial charge in [-0.05, 0) is 70.9 Å². The lowest BCUT2D eigenvalue weighted by molar-refractivity contribution is 0.341. The summed E-state index contributed by atoms with van der Waals surface area (Å²) in [5.41, 5.74) is 4.19. The van der Waals surface area contributed by atoms with Gasteiger partial charge < -0.3 is 9.47 Å². The van der Waals surface area contributed by atoms with Crippen LogP contribution in [0.15, 0.2) is 47.4 Å². The fraction of sp³-hybridized carbons (Fsp3) is 0.351. The molecule has 12 nitrogen and oxygen atoms in total. The summed E-state index contributed by atoms with van der Waals surface area (Å²) in [6, 6.07) is 12.0. The summed E-state index contributed by atoms with van der Waals surface area (Å²) in [5, 5.41) is 9.86. The highest BCUT2D eigenvalue weighted by Gasteiger charge is 2.21. The number of rotatable bonds is 11. The van der Waals surface area contributed by atoms with Gasteiger partial charge in [-0.1, -0.05) is 56.6 Å². The van der Waals surface area contributed by atoms with Crippen molar-refractivity contribution in [2.75, 3.05) is 13.2 Å². The second-order valence-electron chi connectivity index (χ2n) is 11.2. The second-order valence-corrected chi connectivity index (χ2v) is 14.4. The van der Waals surface area contributed by atoms with Gasteiger partial charge in [0.25, 0.3) is 9.05 Å². The highest BCUT2D eigenvalue weighted by atomic mass is 35.7. The van der Waals surface area contributed by atoms with Crippen LogP contribution in [0.3, 0.4) is 0 Å². The lowest BCUT2D eigenvalue weighted by atomic mass is 10.2. The minimum atomic E-state index is -3.92. The van der Waals surface area contributed by atoms with Gasteiger partial charge in [-0.15, -0.1) is 23.0 Å².